The number of alkyl halides is 17. The largest absolute Gasteiger partial charge is 0.462 e. The number of piperidine rings is 1. The summed E-state index contributed by atoms with van der Waals surface area (Å²) in [5.41, 5.74) is 0. The number of hydrogen-bond acceptors (Lipinski definition) is 3. The molecule has 1 aliphatic heterocycles. The van der Waals surface area contributed by atoms with Gasteiger partial charge in [-0.3, -0.25) is 14.3 Å². The Bertz CT molecular complexity index is 769. The van der Waals surface area contributed by atoms with Crippen molar-refractivity contribution in [3.8, 4) is 0 Å². The minimum Gasteiger partial charge on any atom is -0.337 e. The third kappa shape index (κ3) is 5.48. The lowest BCUT2D eigenvalue weighted by Crippen LogP contribution is -2.69. The van der Waals surface area contributed by atoms with Crippen LogP contribution in [0.4, 0.5) is 74.6 Å². The van der Waals surface area contributed by atoms with E-state index >= 15 is 0 Å². The summed E-state index contributed by atoms with van der Waals surface area (Å²) >= 11 is 0. The van der Waals surface area contributed by atoms with Crippen LogP contribution in [0.5, 0.6) is 0 Å². The number of likely N-dealkylation sites (tertiary alicyclic amines) is 1. The highest BCUT2D eigenvalue weighted by molar-refractivity contribution is 5.84. The van der Waals surface area contributed by atoms with Crippen LogP contribution in [0, 0.1) is 0 Å². The zero-order chi connectivity index (χ0) is 28.1. The number of rotatable bonds is 7. The number of nitrogens with zero attached hydrogens (tertiary/aromatic N) is 1. The van der Waals surface area contributed by atoms with Gasteiger partial charge in [-0.25, -0.2) is 0 Å². The Hall–Kier alpha value is -1.80. The monoisotopic (exact) mass is 563 g/mol. The van der Waals surface area contributed by atoms with Gasteiger partial charge in [0, 0.05) is 13.1 Å². The van der Waals surface area contributed by atoms with Crippen molar-refractivity contribution in [2.45, 2.75) is 67.6 Å². The van der Waals surface area contributed by atoms with Crippen molar-refractivity contribution in [3.05, 3.63) is 0 Å². The second-order valence-corrected chi connectivity index (χ2v) is 6.85. The highest BCUT2D eigenvalue weighted by atomic mass is 19.4. The van der Waals surface area contributed by atoms with Crippen LogP contribution in [0.15, 0.2) is 0 Å². The van der Waals surface area contributed by atoms with Crippen LogP contribution in [-0.4, -0.2) is 72.3 Å². The van der Waals surface area contributed by atoms with E-state index in [0.29, 0.717) is 0 Å². The number of hydrogen-bond donors (Lipinski definition) is 0. The van der Waals surface area contributed by atoms with E-state index in [-0.39, 0.29) is 24.2 Å². The molecule has 0 aromatic heterocycles. The van der Waals surface area contributed by atoms with Gasteiger partial charge in [0.1, 0.15) is 0 Å². The summed E-state index contributed by atoms with van der Waals surface area (Å²) in [7, 11) is 0. The van der Waals surface area contributed by atoms with Gasteiger partial charge in [0.05, 0.1) is 0 Å². The standard InChI is InChI=1S/C14H10F17NO3/c15-7(10(19,20)21,6(33)32-4-2-1-3-5-32)34-14(30,31)9(18,12(25,26)27)35-13(28,29)8(16,17)11(22,23)24/h1-5H2. The number of carbonyl (C=O) groups is 1. The molecule has 0 bridgehead atoms. The summed E-state index contributed by atoms with van der Waals surface area (Å²) in [5.74, 6) is -25.7. The first-order valence-corrected chi connectivity index (χ1v) is 8.59. The molecule has 0 aromatic carbocycles. The lowest BCUT2D eigenvalue weighted by molar-refractivity contribution is -0.548. The van der Waals surface area contributed by atoms with E-state index in [1.807, 2.05) is 4.74 Å². The Morgan fingerprint density at radius 3 is 1.31 bits per heavy atom. The molecule has 21 heteroatoms. The third-order valence-corrected chi connectivity index (χ3v) is 4.28. The van der Waals surface area contributed by atoms with Gasteiger partial charge in [0.2, 0.25) is 0 Å². The summed E-state index contributed by atoms with van der Waals surface area (Å²) in [6, 6.07) is 0. The van der Waals surface area contributed by atoms with Crippen molar-refractivity contribution in [1.29, 1.82) is 0 Å². The summed E-state index contributed by atoms with van der Waals surface area (Å²) in [4.78, 5) is 11.6. The SMILES string of the molecule is O=C(N1CCCCC1)C(F)(OC(F)(F)C(F)(OC(F)(F)C(F)(F)C(F)(F)F)C(F)(F)F)C(F)(F)F. The zero-order valence-corrected chi connectivity index (χ0v) is 16.1. The molecule has 2 unspecified atom stereocenters. The Morgan fingerprint density at radius 1 is 0.543 bits per heavy atom. The normalized spacial score (nSPS) is 20.9. The van der Waals surface area contributed by atoms with E-state index in [4.69, 9.17) is 0 Å². The minimum absolute atomic E-state index is 0.185. The van der Waals surface area contributed by atoms with E-state index in [9.17, 15) is 79.4 Å². The molecule has 2 atom stereocenters. The average molecular weight is 563 g/mol. The van der Waals surface area contributed by atoms with Gasteiger partial charge in [-0.1, -0.05) is 0 Å². The van der Waals surface area contributed by atoms with Crippen molar-refractivity contribution < 1.29 is 88.9 Å². The number of amides is 1. The van der Waals surface area contributed by atoms with Crippen LogP contribution < -0.4 is 0 Å². The maximum absolute atomic E-state index is 14.4. The van der Waals surface area contributed by atoms with Crippen LogP contribution in [-0.2, 0) is 14.3 Å². The fourth-order valence-corrected chi connectivity index (χ4v) is 2.45. The first-order chi connectivity index (χ1) is 15.2. The van der Waals surface area contributed by atoms with Gasteiger partial charge in [0.15, 0.2) is 0 Å². The molecule has 1 amide bonds. The summed E-state index contributed by atoms with van der Waals surface area (Å²) < 4.78 is 225. The fourth-order valence-electron chi connectivity index (χ4n) is 2.45. The van der Waals surface area contributed by atoms with Crippen LogP contribution in [0.2, 0.25) is 0 Å². The number of carbonyl (C=O) groups excluding carboxylic acids is 1. The molecule has 1 rings (SSSR count). The molecule has 35 heavy (non-hydrogen) atoms. The second kappa shape index (κ2) is 8.94. The molecule has 0 aliphatic carbocycles. The molecule has 0 radical (unpaired) electrons. The molecule has 1 saturated heterocycles. The summed E-state index contributed by atoms with van der Waals surface area (Å²) in [6.45, 7) is -1.66. The van der Waals surface area contributed by atoms with Gasteiger partial charge < -0.3 is 4.90 Å². The molecule has 4 nitrogen and oxygen atoms in total. The van der Waals surface area contributed by atoms with Crippen molar-refractivity contribution in [2.24, 2.45) is 0 Å². The van der Waals surface area contributed by atoms with Gasteiger partial charge in [-0.2, -0.15) is 74.6 Å². The van der Waals surface area contributed by atoms with Crippen LogP contribution in [0.1, 0.15) is 19.3 Å². The molecule has 1 aliphatic rings. The topological polar surface area (TPSA) is 38.8 Å². The predicted octanol–water partition coefficient (Wildman–Crippen LogP) is 5.87. The van der Waals surface area contributed by atoms with Crippen LogP contribution >= 0.6 is 0 Å². The highest BCUT2D eigenvalue weighted by Crippen LogP contribution is 2.56. The quantitative estimate of drug-likeness (QED) is 0.364. The first kappa shape index (κ1) is 31.2. The van der Waals surface area contributed by atoms with Crippen LogP contribution in [0.3, 0.4) is 0 Å². The second-order valence-electron chi connectivity index (χ2n) is 6.85. The average Bonchev–Trinajstić information content (AvgIpc) is 2.64. The van der Waals surface area contributed by atoms with E-state index in [2.05, 4.69) is 0 Å². The summed E-state index contributed by atoms with van der Waals surface area (Å²) in [6.07, 6.45) is -38.5. The van der Waals surface area contributed by atoms with E-state index in [0.717, 1.165) is 0 Å². The van der Waals surface area contributed by atoms with E-state index in [1.54, 1.807) is 0 Å². The molecule has 0 N–H and O–H groups in total. The van der Waals surface area contributed by atoms with Gasteiger partial charge in [-0.05, 0) is 19.3 Å². The first-order valence-electron chi connectivity index (χ1n) is 8.59. The molecule has 1 heterocycles. The van der Waals surface area contributed by atoms with Crippen molar-refractivity contribution >= 4 is 5.91 Å². The smallest absolute Gasteiger partial charge is 0.337 e. The van der Waals surface area contributed by atoms with Gasteiger partial charge in [-0.15, -0.1) is 0 Å². The van der Waals surface area contributed by atoms with E-state index in [1.165, 1.54) is 4.74 Å². The Kier molecular flexibility index (Phi) is 7.98. The molecular formula is C14H10F17NO3. The Morgan fingerprint density at radius 2 is 0.971 bits per heavy atom. The lowest BCUT2D eigenvalue weighted by Gasteiger charge is -2.41. The maximum atomic E-state index is 14.4. The number of halogens is 17. The molecule has 0 saturated carbocycles. The third-order valence-electron chi connectivity index (χ3n) is 4.28. The molecule has 208 valence electrons. The van der Waals surface area contributed by atoms with Crippen molar-refractivity contribution in [1.82, 2.24) is 4.90 Å². The van der Waals surface area contributed by atoms with Crippen molar-refractivity contribution in [2.75, 3.05) is 13.1 Å². The summed E-state index contributed by atoms with van der Waals surface area (Å²) in [5, 5.41) is 0. The molecular weight excluding hydrogens is 553 g/mol. The number of ether oxygens (including phenoxy) is 2. The Balaban J connectivity index is 3.60. The van der Waals surface area contributed by atoms with E-state index < -0.39 is 67.4 Å². The zero-order valence-electron chi connectivity index (χ0n) is 16.1. The highest BCUT2D eigenvalue weighted by Gasteiger charge is 2.85. The Labute approximate surface area is 181 Å². The minimum atomic E-state index is -8.00. The van der Waals surface area contributed by atoms with Gasteiger partial charge >= 0.3 is 48.4 Å². The van der Waals surface area contributed by atoms with Crippen molar-refractivity contribution in [3.63, 3.8) is 0 Å². The maximum Gasteiger partial charge on any atom is 0.462 e. The van der Waals surface area contributed by atoms with Gasteiger partial charge in [0.25, 0.3) is 5.91 Å². The lowest BCUT2D eigenvalue weighted by atomic mass is 10.1. The predicted molar refractivity (Wildman–Crippen MR) is 73.3 cm³/mol. The fraction of sp³-hybridized carbons (Fsp3) is 0.929. The van der Waals surface area contributed by atoms with Crippen LogP contribution in [0.25, 0.3) is 0 Å². The molecule has 1 fully saturated rings. The molecule has 0 aromatic rings. The molecule has 0 spiro atoms.